The Morgan fingerprint density at radius 3 is 1.80 bits per heavy atom. The third-order valence-corrected chi connectivity index (χ3v) is 1.79. The topological polar surface area (TPSA) is 21.3 Å². The molecule has 0 spiro atoms. The quantitative estimate of drug-likeness (QED) is 0.736. The zero-order valence-corrected chi connectivity index (χ0v) is 12.5. The molecule has 0 aromatic heterocycles. The third kappa shape index (κ3) is 10.5. The van der Waals surface area contributed by atoms with E-state index < -0.39 is 0 Å². The molecule has 1 aliphatic rings. The van der Waals surface area contributed by atoms with Gasteiger partial charge in [0.05, 0.1) is 13.2 Å². The van der Waals surface area contributed by atoms with Crippen LogP contribution in [0, 0.1) is 14.4 Å². The van der Waals surface area contributed by atoms with Gasteiger partial charge in [0.25, 0.3) is 0 Å². The summed E-state index contributed by atoms with van der Waals surface area (Å²) in [6.07, 6.45) is 0. The first-order valence-corrected chi connectivity index (χ1v) is 4.70. The van der Waals surface area contributed by atoms with Gasteiger partial charge < -0.3 is 17.5 Å². The van der Waals surface area contributed by atoms with Gasteiger partial charge in [0.1, 0.15) is 0 Å². The molecule has 1 aromatic rings. The Morgan fingerprint density at radius 2 is 1.60 bits per heavy atom. The van der Waals surface area contributed by atoms with E-state index in [0.717, 1.165) is 26.3 Å². The summed E-state index contributed by atoms with van der Waals surface area (Å²) in [5.74, 6) is 0. The second-order valence-corrected chi connectivity index (χ2v) is 3.02. The van der Waals surface area contributed by atoms with Crippen molar-refractivity contribution in [2.24, 2.45) is 0 Å². The van der Waals surface area contributed by atoms with Gasteiger partial charge in [-0.05, 0) is 6.92 Å². The standard InChI is InChI=1S/C7H8.C4H9NO.CH3.Y/c1-7-5-3-2-4-6-7;1-3-6-4-2-5-1;;/h2-6H,1H3;5H,1-4H2;1H3;/q;;-1;. The number of aryl methyl sites for hydroxylation is 1. The molecule has 1 N–H and O–H groups in total. The van der Waals surface area contributed by atoms with Crippen LogP contribution in [0.2, 0.25) is 0 Å². The molecule has 1 heterocycles. The first kappa shape index (κ1) is 17.6. The van der Waals surface area contributed by atoms with Crippen LogP contribution in [-0.2, 0) is 37.4 Å². The van der Waals surface area contributed by atoms with E-state index in [1.807, 2.05) is 18.2 Å². The summed E-state index contributed by atoms with van der Waals surface area (Å²) in [7, 11) is 0. The SMILES string of the molecule is C1COCCN1.Cc1ccccc1.[CH3-].[Y]. The number of hydrogen-bond acceptors (Lipinski definition) is 2. The monoisotopic (exact) mass is 283 g/mol. The molecule has 0 bridgehead atoms. The largest absolute Gasteiger partial charge is 0.379 e. The van der Waals surface area contributed by atoms with Crippen LogP contribution in [0.3, 0.4) is 0 Å². The minimum Gasteiger partial charge on any atom is -0.379 e. The van der Waals surface area contributed by atoms with Crippen molar-refractivity contribution in [3.8, 4) is 0 Å². The smallest absolute Gasteiger partial charge is 0.0591 e. The Labute approximate surface area is 119 Å². The van der Waals surface area contributed by atoms with E-state index in [9.17, 15) is 0 Å². The van der Waals surface area contributed by atoms with Gasteiger partial charge in [-0.25, -0.2) is 0 Å². The minimum atomic E-state index is 0. The van der Waals surface area contributed by atoms with Gasteiger partial charge in [-0.2, -0.15) is 0 Å². The molecule has 0 unspecified atom stereocenters. The van der Waals surface area contributed by atoms with Gasteiger partial charge in [0.2, 0.25) is 0 Å². The van der Waals surface area contributed by atoms with E-state index >= 15 is 0 Å². The molecule has 2 rings (SSSR count). The number of benzene rings is 1. The molecule has 1 aliphatic heterocycles. The van der Waals surface area contributed by atoms with Crippen molar-refractivity contribution >= 4 is 0 Å². The van der Waals surface area contributed by atoms with Crippen molar-refractivity contribution in [3.05, 3.63) is 43.3 Å². The van der Waals surface area contributed by atoms with Crippen LogP contribution < -0.4 is 5.32 Å². The predicted molar refractivity (Wildman–Crippen MR) is 61.3 cm³/mol. The minimum absolute atomic E-state index is 0. The van der Waals surface area contributed by atoms with Crippen LogP contribution in [-0.4, -0.2) is 26.3 Å². The van der Waals surface area contributed by atoms with Crippen LogP contribution in [0.15, 0.2) is 30.3 Å². The van der Waals surface area contributed by atoms with Crippen LogP contribution in [0.5, 0.6) is 0 Å². The molecule has 0 aliphatic carbocycles. The van der Waals surface area contributed by atoms with E-state index in [0.29, 0.717) is 0 Å². The summed E-state index contributed by atoms with van der Waals surface area (Å²) < 4.78 is 5.01. The van der Waals surface area contributed by atoms with Crippen LogP contribution in [0.4, 0.5) is 0 Å². The molecular weight excluding hydrogens is 263 g/mol. The van der Waals surface area contributed by atoms with Crippen molar-refractivity contribution in [1.29, 1.82) is 0 Å². The van der Waals surface area contributed by atoms with Gasteiger partial charge in [-0.1, -0.05) is 35.9 Å². The summed E-state index contributed by atoms with van der Waals surface area (Å²) in [6, 6.07) is 10.3. The number of morpholine rings is 1. The molecule has 83 valence electrons. The summed E-state index contributed by atoms with van der Waals surface area (Å²) in [5.41, 5.74) is 1.32. The molecule has 1 fully saturated rings. The van der Waals surface area contributed by atoms with Crippen molar-refractivity contribution in [2.45, 2.75) is 6.92 Å². The maximum Gasteiger partial charge on any atom is 0.0591 e. The number of ether oxygens (including phenoxy) is 1. The summed E-state index contributed by atoms with van der Waals surface area (Å²) in [6.45, 7) is 5.92. The van der Waals surface area contributed by atoms with Crippen LogP contribution in [0.25, 0.3) is 0 Å². The van der Waals surface area contributed by atoms with Gasteiger partial charge in [-0.15, -0.1) is 0 Å². The first-order valence-electron chi connectivity index (χ1n) is 4.70. The average molecular weight is 283 g/mol. The fourth-order valence-corrected chi connectivity index (χ4v) is 1.05. The van der Waals surface area contributed by atoms with Gasteiger partial charge in [-0.3, -0.25) is 0 Å². The third-order valence-electron chi connectivity index (χ3n) is 1.79. The van der Waals surface area contributed by atoms with E-state index in [2.05, 4.69) is 24.4 Å². The zero-order chi connectivity index (χ0) is 9.36. The second-order valence-electron chi connectivity index (χ2n) is 3.02. The molecule has 0 saturated carbocycles. The molecule has 15 heavy (non-hydrogen) atoms. The number of nitrogens with one attached hydrogen (secondary N) is 1. The fraction of sp³-hybridized carbons (Fsp3) is 0.417. The summed E-state index contributed by atoms with van der Waals surface area (Å²) >= 11 is 0. The average Bonchev–Trinajstić information content (AvgIpc) is 2.22. The molecular formula is C12H20NOY-. The normalized spacial score (nSPS) is 13.7. The first-order chi connectivity index (χ1) is 6.39. The molecule has 1 radical (unpaired) electrons. The Balaban J connectivity index is 0. The molecule has 0 amide bonds. The van der Waals surface area contributed by atoms with Gasteiger partial charge in [0.15, 0.2) is 0 Å². The predicted octanol–water partition coefficient (Wildman–Crippen LogP) is 2.05. The Kier molecular flexibility index (Phi) is 14.5. The Hall–Kier alpha value is 0.244. The van der Waals surface area contributed by atoms with E-state index in [1.165, 1.54) is 5.56 Å². The second kappa shape index (κ2) is 12.3. The fourth-order valence-electron chi connectivity index (χ4n) is 1.05. The van der Waals surface area contributed by atoms with E-state index in [-0.39, 0.29) is 40.1 Å². The summed E-state index contributed by atoms with van der Waals surface area (Å²) in [4.78, 5) is 0. The van der Waals surface area contributed by atoms with Crippen molar-refractivity contribution in [1.82, 2.24) is 5.32 Å². The molecule has 3 heteroatoms. The van der Waals surface area contributed by atoms with Crippen LogP contribution >= 0.6 is 0 Å². The van der Waals surface area contributed by atoms with E-state index in [1.54, 1.807) is 0 Å². The molecule has 1 aromatic carbocycles. The van der Waals surface area contributed by atoms with E-state index in [4.69, 9.17) is 4.74 Å². The molecule has 1 saturated heterocycles. The molecule has 0 atom stereocenters. The maximum atomic E-state index is 5.01. The van der Waals surface area contributed by atoms with Gasteiger partial charge in [0, 0.05) is 45.8 Å². The maximum absolute atomic E-state index is 5.01. The molecule has 2 nitrogen and oxygen atoms in total. The number of rotatable bonds is 0. The van der Waals surface area contributed by atoms with Crippen LogP contribution in [0.1, 0.15) is 5.56 Å². The van der Waals surface area contributed by atoms with Crippen molar-refractivity contribution in [2.75, 3.05) is 26.3 Å². The summed E-state index contributed by atoms with van der Waals surface area (Å²) in [5, 5.41) is 3.16. The van der Waals surface area contributed by atoms with Crippen molar-refractivity contribution in [3.63, 3.8) is 0 Å². The number of hydrogen-bond donors (Lipinski definition) is 1. The Bertz CT molecular complexity index is 201. The van der Waals surface area contributed by atoms with Crippen molar-refractivity contribution < 1.29 is 37.4 Å². The Morgan fingerprint density at radius 1 is 1.07 bits per heavy atom. The zero-order valence-electron chi connectivity index (χ0n) is 9.70. The van der Waals surface area contributed by atoms with Gasteiger partial charge >= 0.3 is 0 Å².